The molecule has 0 spiro atoms. The van der Waals surface area contributed by atoms with Crippen molar-refractivity contribution in [1.29, 1.82) is 0 Å². The molecule has 0 radical (unpaired) electrons. The molecule has 3 amide bonds. The minimum atomic E-state index is -0.916. The maximum absolute atomic E-state index is 13.1. The monoisotopic (exact) mass is 520 g/mol. The summed E-state index contributed by atoms with van der Waals surface area (Å²) >= 11 is 3.41. The predicted octanol–water partition coefficient (Wildman–Crippen LogP) is 4.68. The number of rotatable bonds is 5. The quantitative estimate of drug-likeness (QED) is 0.332. The van der Waals surface area contributed by atoms with Crippen LogP contribution in [0.15, 0.2) is 77.3 Å². The van der Waals surface area contributed by atoms with Crippen LogP contribution in [0.2, 0.25) is 0 Å². The summed E-state index contributed by atoms with van der Waals surface area (Å²) < 4.78 is 7.25. The number of nitrogens with zero attached hydrogens (tertiary/aromatic N) is 1. The van der Waals surface area contributed by atoms with Gasteiger partial charge in [0.15, 0.2) is 0 Å². The summed E-state index contributed by atoms with van der Waals surface area (Å²) in [5, 5.41) is 6.06. The zero-order valence-electron chi connectivity index (χ0n) is 18.4. The number of aryl methyl sites for hydroxylation is 1. The Morgan fingerprint density at radius 3 is 2.32 bits per heavy atom. The van der Waals surface area contributed by atoms with Crippen LogP contribution in [0.1, 0.15) is 16.1 Å². The van der Waals surface area contributed by atoms with E-state index >= 15 is 0 Å². The number of hydrogen-bond acceptors (Lipinski definition) is 4. The van der Waals surface area contributed by atoms with Gasteiger partial charge in [0.05, 0.1) is 12.6 Å². The van der Waals surface area contributed by atoms with E-state index in [4.69, 9.17) is 4.74 Å². The number of halogens is 1. The van der Waals surface area contributed by atoms with Gasteiger partial charge >= 0.3 is 11.8 Å². The minimum Gasteiger partial charge on any atom is -0.497 e. The van der Waals surface area contributed by atoms with Gasteiger partial charge in [-0.15, -0.1) is 0 Å². The van der Waals surface area contributed by atoms with Gasteiger partial charge in [-0.2, -0.15) is 0 Å². The first-order chi connectivity index (χ1) is 16.3. The van der Waals surface area contributed by atoms with Crippen LogP contribution in [-0.2, 0) is 9.59 Å². The molecule has 0 atom stereocenters. The topological polar surface area (TPSA) is 101 Å². The number of nitrogens with one attached hydrogen (secondary N) is 3. The smallest absolute Gasteiger partial charge is 0.328 e. The van der Waals surface area contributed by atoms with E-state index in [1.54, 1.807) is 67.8 Å². The Morgan fingerprint density at radius 2 is 1.62 bits per heavy atom. The molecule has 4 rings (SSSR count). The molecular weight excluding hydrogens is 500 g/mol. The lowest BCUT2D eigenvalue weighted by Crippen LogP contribution is -2.36. The van der Waals surface area contributed by atoms with Crippen LogP contribution >= 0.6 is 15.9 Å². The van der Waals surface area contributed by atoms with Gasteiger partial charge in [0.2, 0.25) is 0 Å². The fraction of sp³-hybridized carbons (Fsp3) is 0.0800. The van der Waals surface area contributed by atoms with E-state index in [2.05, 4.69) is 32.0 Å². The summed E-state index contributed by atoms with van der Waals surface area (Å²) in [5.74, 6) is -1.58. The van der Waals surface area contributed by atoms with Crippen LogP contribution in [0.4, 0.5) is 11.4 Å². The fourth-order valence-corrected chi connectivity index (χ4v) is 3.79. The van der Waals surface area contributed by atoms with Crippen molar-refractivity contribution in [2.45, 2.75) is 6.92 Å². The van der Waals surface area contributed by atoms with Gasteiger partial charge in [-0.05, 0) is 73.2 Å². The Bertz CT molecular complexity index is 1400. The number of ether oxygens (including phenoxy) is 1. The van der Waals surface area contributed by atoms with E-state index in [-0.39, 0.29) is 5.69 Å². The standard InChI is InChI=1S/C25H21BrN4O4/c1-15-4-3-5-19(12-15)28-24(32)25(33)29-30-21-11-6-17(26)13-16(21)14-22(30)23(31)27-18-7-9-20(34-2)10-8-18/h3-14H,1-2H3,(H,27,31)(H,28,32)(H,29,33). The number of benzene rings is 3. The molecule has 3 N–H and O–H groups in total. The highest BCUT2D eigenvalue weighted by Crippen LogP contribution is 2.24. The Hall–Kier alpha value is -4.11. The van der Waals surface area contributed by atoms with E-state index in [0.717, 1.165) is 10.0 Å². The van der Waals surface area contributed by atoms with Gasteiger partial charge < -0.3 is 15.4 Å². The molecule has 3 aromatic carbocycles. The van der Waals surface area contributed by atoms with E-state index < -0.39 is 17.7 Å². The van der Waals surface area contributed by atoms with Gasteiger partial charge in [-0.1, -0.05) is 28.1 Å². The second-order valence-electron chi connectivity index (χ2n) is 7.52. The van der Waals surface area contributed by atoms with Crippen molar-refractivity contribution in [3.63, 3.8) is 0 Å². The number of hydrogen-bond donors (Lipinski definition) is 3. The van der Waals surface area contributed by atoms with E-state index in [1.165, 1.54) is 4.68 Å². The molecule has 1 aromatic heterocycles. The van der Waals surface area contributed by atoms with Crippen LogP contribution in [0.3, 0.4) is 0 Å². The molecule has 0 saturated heterocycles. The van der Waals surface area contributed by atoms with Gasteiger partial charge in [0.25, 0.3) is 5.91 Å². The van der Waals surface area contributed by atoms with Crippen molar-refractivity contribution in [2.24, 2.45) is 0 Å². The number of aromatic nitrogens is 1. The second-order valence-corrected chi connectivity index (χ2v) is 8.43. The Morgan fingerprint density at radius 1 is 0.853 bits per heavy atom. The Labute approximate surface area is 204 Å². The second kappa shape index (κ2) is 9.80. The van der Waals surface area contributed by atoms with Gasteiger partial charge in [0, 0.05) is 21.2 Å². The highest BCUT2D eigenvalue weighted by molar-refractivity contribution is 9.10. The normalized spacial score (nSPS) is 10.6. The van der Waals surface area contributed by atoms with Crippen LogP contribution in [0, 0.1) is 6.92 Å². The van der Waals surface area contributed by atoms with Crippen molar-refractivity contribution < 1.29 is 19.1 Å². The van der Waals surface area contributed by atoms with Crippen molar-refractivity contribution in [2.75, 3.05) is 23.2 Å². The maximum atomic E-state index is 13.1. The van der Waals surface area contributed by atoms with Crippen LogP contribution in [0.5, 0.6) is 5.75 Å². The van der Waals surface area contributed by atoms with Crippen molar-refractivity contribution in [3.8, 4) is 5.75 Å². The number of carbonyl (C=O) groups is 3. The summed E-state index contributed by atoms with van der Waals surface area (Å²) in [6.07, 6.45) is 0. The molecule has 4 aromatic rings. The van der Waals surface area contributed by atoms with E-state index in [9.17, 15) is 14.4 Å². The fourth-order valence-electron chi connectivity index (χ4n) is 3.41. The first-order valence-corrected chi connectivity index (χ1v) is 11.1. The van der Waals surface area contributed by atoms with Crippen molar-refractivity contribution >= 4 is 55.9 Å². The molecule has 0 aliphatic rings. The zero-order valence-corrected chi connectivity index (χ0v) is 20.0. The van der Waals surface area contributed by atoms with Gasteiger partial charge in [-0.25, -0.2) is 4.68 Å². The van der Waals surface area contributed by atoms with Crippen LogP contribution in [-0.4, -0.2) is 29.5 Å². The number of amides is 3. The summed E-state index contributed by atoms with van der Waals surface area (Å²) in [7, 11) is 1.56. The summed E-state index contributed by atoms with van der Waals surface area (Å²) in [4.78, 5) is 38.3. The lowest BCUT2D eigenvalue weighted by atomic mass is 10.2. The molecule has 0 saturated carbocycles. The molecule has 1 heterocycles. The maximum Gasteiger partial charge on any atom is 0.328 e. The Balaban J connectivity index is 1.61. The molecule has 0 aliphatic carbocycles. The zero-order chi connectivity index (χ0) is 24.2. The highest BCUT2D eigenvalue weighted by atomic mass is 79.9. The SMILES string of the molecule is COc1ccc(NC(=O)c2cc3cc(Br)ccc3n2NC(=O)C(=O)Nc2cccc(C)c2)cc1. The first-order valence-electron chi connectivity index (χ1n) is 10.3. The lowest BCUT2D eigenvalue weighted by Gasteiger charge is -2.13. The average Bonchev–Trinajstić information content (AvgIpc) is 3.17. The number of methoxy groups -OCH3 is 1. The van der Waals surface area contributed by atoms with Gasteiger partial charge in [0.1, 0.15) is 11.4 Å². The molecule has 8 nitrogen and oxygen atoms in total. The molecule has 0 unspecified atom stereocenters. The largest absolute Gasteiger partial charge is 0.497 e. The van der Waals surface area contributed by atoms with Crippen molar-refractivity contribution in [3.05, 3.63) is 88.5 Å². The van der Waals surface area contributed by atoms with Crippen LogP contribution in [0.25, 0.3) is 10.9 Å². The predicted molar refractivity (Wildman–Crippen MR) is 135 cm³/mol. The molecule has 0 bridgehead atoms. The van der Waals surface area contributed by atoms with E-state index in [1.807, 2.05) is 19.1 Å². The molecular formula is C25H21BrN4O4. The van der Waals surface area contributed by atoms with Gasteiger partial charge in [-0.3, -0.25) is 19.8 Å². The highest BCUT2D eigenvalue weighted by Gasteiger charge is 2.21. The molecule has 9 heteroatoms. The molecule has 34 heavy (non-hydrogen) atoms. The Kier molecular flexibility index (Phi) is 6.65. The molecule has 0 aliphatic heterocycles. The third-order valence-corrected chi connectivity index (χ3v) is 5.53. The lowest BCUT2D eigenvalue weighted by molar-refractivity contribution is -0.133. The molecule has 0 fully saturated rings. The molecule has 172 valence electrons. The summed E-state index contributed by atoms with van der Waals surface area (Å²) in [6, 6.07) is 20.9. The average molecular weight is 521 g/mol. The third-order valence-electron chi connectivity index (χ3n) is 5.04. The number of anilines is 2. The summed E-state index contributed by atoms with van der Waals surface area (Å²) in [5.41, 5.74) is 5.24. The van der Waals surface area contributed by atoms with Crippen LogP contribution < -0.4 is 20.8 Å². The number of fused-ring (bicyclic) bond motifs is 1. The van der Waals surface area contributed by atoms with E-state index in [0.29, 0.717) is 28.0 Å². The summed E-state index contributed by atoms with van der Waals surface area (Å²) in [6.45, 7) is 1.88. The minimum absolute atomic E-state index is 0.153. The van der Waals surface area contributed by atoms with Crippen molar-refractivity contribution in [1.82, 2.24) is 4.68 Å². The number of carbonyl (C=O) groups excluding carboxylic acids is 3. The first kappa shape index (κ1) is 23.1. The third kappa shape index (κ3) is 5.10.